The Morgan fingerprint density at radius 3 is 2.68 bits per heavy atom. The molecule has 0 aliphatic carbocycles. The van der Waals surface area contributed by atoms with Crippen molar-refractivity contribution in [3.05, 3.63) is 65.5 Å². The number of hydrogen-bond acceptors (Lipinski definition) is 3. The van der Waals surface area contributed by atoms with Crippen LogP contribution in [0.1, 0.15) is 22.7 Å². The molecule has 2 rings (SSSR count). The van der Waals surface area contributed by atoms with Gasteiger partial charge in [0.15, 0.2) is 0 Å². The fraction of sp³-hybridized carbons (Fsp3) is 0.200. The molecule has 0 aliphatic rings. The van der Waals surface area contributed by atoms with Crippen molar-refractivity contribution in [2.24, 2.45) is 0 Å². The highest BCUT2D eigenvalue weighted by molar-refractivity contribution is 5.75. The topological polar surface area (TPSA) is 62.2 Å². The zero-order valence-corrected chi connectivity index (χ0v) is 10.7. The number of pyridine rings is 1. The predicted molar refractivity (Wildman–Crippen MR) is 72.6 cm³/mol. The summed E-state index contributed by atoms with van der Waals surface area (Å²) >= 11 is 0. The summed E-state index contributed by atoms with van der Waals surface area (Å²) in [6.45, 7) is 2.39. The number of aromatic nitrogens is 1. The molecule has 1 heterocycles. The second-order valence-electron chi connectivity index (χ2n) is 4.37. The molecule has 2 N–H and O–H groups in total. The van der Waals surface area contributed by atoms with Gasteiger partial charge < -0.3 is 5.11 Å². The SMILES string of the molecule is Cc1ccncc1C(NCc1ccccc1)C(=O)O. The summed E-state index contributed by atoms with van der Waals surface area (Å²) in [6, 6.07) is 10.8. The molecule has 1 aromatic heterocycles. The first-order chi connectivity index (χ1) is 9.18. The molecule has 0 aliphatic heterocycles. The van der Waals surface area contributed by atoms with Crippen molar-refractivity contribution in [1.29, 1.82) is 0 Å². The summed E-state index contributed by atoms with van der Waals surface area (Å²) in [6.07, 6.45) is 3.26. The van der Waals surface area contributed by atoms with Crippen LogP contribution < -0.4 is 5.32 Å². The van der Waals surface area contributed by atoms with E-state index in [2.05, 4.69) is 10.3 Å². The first-order valence-electron chi connectivity index (χ1n) is 6.09. The van der Waals surface area contributed by atoms with Crippen LogP contribution in [-0.4, -0.2) is 16.1 Å². The monoisotopic (exact) mass is 256 g/mol. The van der Waals surface area contributed by atoms with Crippen molar-refractivity contribution in [2.75, 3.05) is 0 Å². The van der Waals surface area contributed by atoms with Crippen LogP contribution in [0.25, 0.3) is 0 Å². The fourth-order valence-electron chi connectivity index (χ4n) is 1.92. The van der Waals surface area contributed by atoms with Gasteiger partial charge in [0, 0.05) is 24.5 Å². The molecule has 0 radical (unpaired) electrons. The van der Waals surface area contributed by atoms with Gasteiger partial charge in [-0.3, -0.25) is 15.1 Å². The average molecular weight is 256 g/mol. The number of carboxylic acids is 1. The Hall–Kier alpha value is -2.20. The number of carbonyl (C=O) groups is 1. The summed E-state index contributed by atoms with van der Waals surface area (Å²) in [5, 5.41) is 12.4. The maximum absolute atomic E-state index is 11.4. The predicted octanol–water partition coefficient (Wildman–Crippen LogP) is 2.31. The maximum Gasteiger partial charge on any atom is 0.325 e. The number of nitrogens with one attached hydrogen (secondary N) is 1. The van der Waals surface area contributed by atoms with Gasteiger partial charge in [-0.1, -0.05) is 30.3 Å². The van der Waals surface area contributed by atoms with Crippen LogP contribution in [0, 0.1) is 6.92 Å². The third kappa shape index (κ3) is 3.39. The second kappa shape index (κ2) is 6.11. The van der Waals surface area contributed by atoms with Gasteiger partial charge in [0.1, 0.15) is 6.04 Å². The van der Waals surface area contributed by atoms with Crippen molar-refractivity contribution >= 4 is 5.97 Å². The van der Waals surface area contributed by atoms with Crippen molar-refractivity contribution in [2.45, 2.75) is 19.5 Å². The standard InChI is InChI=1S/C15H16N2O2/c1-11-7-8-16-10-13(11)14(15(18)19)17-9-12-5-3-2-4-6-12/h2-8,10,14,17H,9H2,1H3,(H,18,19). The highest BCUT2D eigenvalue weighted by Gasteiger charge is 2.20. The lowest BCUT2D eigenvalue weighted by Gasteiger charge is -2.16. The van der Waals surface area contributed by atoms with E-state index in [0.29, 0.717) is 12.1 Å². The lowest BCUT2D eigenvalue weighted by atomic mass is 10.0. The van der Waals surface area contributed by atoms with Gasteiger partial charge in [0.05, 0.1) is 0 Å². The molecule has 4 nitrogen and oxygen atoms in total. The van der Waals surface area contributed by atoms with Gasteiger partial charge in [-0.2, -0.15) is 0 Å². The molecule has 0 fully saturated rings. The van der Waals surface area contributed by atoms with Crippen LogP contribution in [0.5, 0.6) is 0 Å². The zero-order valence-electron chi connectivity index (χ0n) is 10.7. The fourth-order valence-corrected chi connectivity index (χ4v) is 1.92. The highest BCUT2D eigenvalue weighted by Crippen LogP contribution is 2.17. The van der Waals surface area contributed by atoms with Crippen molar-refractivity contribution in [3.63, 3.8) is 0 Å². The average Bonchev–Trinajstić information content (AvgIpc) is 2.42. The molecule has 0 saturated heterocycles. The number of hydrogen-bond donors (Lipinski definition) is 2. The van der Waals surface area contributed by atoms with E-state index in [-0.39, 0.29) is 0 Å². The summed E-state index contributed by atoms with van der Waals surface area (Å²) in [5.41, 5.74) is 2.67. The number of nitrogens with zero attached hydrogens (tertiary/aromatic N) is 1. The molecule has 98 valence electrons. The molecular weight excluding hydrogens is 240 g/mol. The van der Waals surface area contributed by atoms with Crippen molar-refractivity contribution in [3.8, 4) is 0 Å². The van der Waals surface area contributed by atoms with E-state index in [0.717, 1.165) is 11.1 Å². The number of aryl methyl sites for hydroxylation is 1. The van der Waals surface area contributed by atoms with Gasteiger partial charge in [0.25, 0.3) is 0 Å². The Bertz CT molecular complexity index is 555. The molecule has 0 saturated carbocycles. The summed E-state index contributed by atoms with van der Waals surface area (Å²) < 4.78 is 0. The van der Waals surface area contributed by atoms with Crippen molar-refractivity contribution in [1.82, 2.24) is 10.3 Å². The third-order valence-corrected chi connectivity index (χ3v) is 2.99. The Morgan fingerprint density at radius 2 is 2.05 bits per heavy atom. The summed E-state index contributed by atoms with van der Waals surface area (Å²) in [7, 11) is 0. The molecule has 1 unspecified atom stereocenters. The lowest BCUT2D eigenvalue weighted by molar-refractivity contribution is -0.139. The van der Waals surface area contributed by atoms with E-state index >= 15 is 0 Å². The van der Waals surface area contributed by atoms with Crippen LogP contribution >= 0.6 is 0 Å². The molecule has 19 heavy (non-hydrogen) atoms. The summed E-state index contributed by atoms with van der Waals surface area (Å²) in [5.74, 6) is -0.896. The van der Waals surface area contributed by atoms with E-state index in [1.54, 1.807) is 12.4 Å². The molecule has 4 heteroatoms. The minimum absolute atomic E-state index is 0.506. The van der Waals surface area contributed by atoms with Gasteiger partial charge in [-0.05, 0) is 24.1 Å². The number of benzene rings is 1. The van der Waals surface area contributed by atoms with Crippen LogP contribution in [0.3, 0.4) is 0 Å². The van der Waals surface area contributed by atoms with E-state index in [4.69, 9.17) is 0 Å². The van der Waals surface area contributed by atoms with E-state index in [1.807, 2.05) is 43.3 Å². The van der Waals surface area contributed by atoms with E-state index in [1.165, 1.54) is 0 Å². The van der Waals surface area contributed by atoms with Crippen LogP contribution in [-0.2, 0) is 11.3 Å². The van der Waals surface area contributed by atoms with E-state index in [9.17, 15) is 9.90 Å². The Morgan fingerprint density at radius 1 is 1.32 bits per heavy atom. The first-order valence-corrected chi connectivity index (χ1v) is 6.09. The lowest BCUT2D eigenvalue weighted by Crippen LogP contribution is -2.28. The molecular formula is C15H16N2O2. The van der Waals surface area contributed by atoms with Gasteiger partial charge in [-0.15, -0.1) is 0 Å². The van der Waals surface area contributed by atoms with Gasteiger partial charge >= 0.3 is 5.97 Å². The number of aliphatic carboxylic acids is 1. The van der Waals surface area contributed by atoms with Gasteiger partial charge in [0.2, 0.25) is 0 Å². The normalized spacial score (nSPS) is 12.1. The van der Waals surface area contributed by atoms with Gasteiger partial charge in [-0.25, -0.2) is 0 Å². The molecule has 0 bridgehead atoms. The molecule has 1 aromatic carbocycles. The van der Waals surface area contributed by atoms with E-state index < -0.39 is 12.0 Å². The second-order valence-corrected chi connectivity index (χ2v) is 4.37. The molecule has 0 amide bonds. The first kappa shape index (κ1) is 13.2. The number of rotatable bonds is 5. The maximum atomic E-state index is 11.4. The van der Waals surface area contributed by atoms with Crippen LogP contribution in [0.15, 0.2) is 48.8 Å². The summed E-state index contributed by atoms with van der Waals surface area (Å²) in [4.78, 5) is 15.4. The third-order valence-electron chi connectivity index (χ3n) is 2.99. The van der Waals surface area contributed by atoms with Crippen LogP contribution in [0.2, 0.25) is 0 Å². The highest BCUT2D eigenvalue weighted by atomic mass is 16.4. The Kier molecular flexibility index (Phi) is 4.26. The Labute approximate surface area is 112 Å². The minimum Gasteiger partial charge on any atom is -0.480 e. The number of carboxylic acid groups (broad SMARTS) is 1. The molecule has 0 spiro atoms. The minimum atomic E-state index is -0.896. The Balaban J connectivity index is 2.14. The molecule has 2 aromatic rings. The van der Waals surface area contributed by atoms with Crippen molar-refractivity contribution < 1.29 is 9.90 Å². The zero-order chi connectivity index (χ0) is 13.7. The quantitative estimate of drug-likeness (QED) is 0.861. The largest absolute Gasteiger partial charge is 0.480 e. The van der Waals surface area contributed by atoms with Crippen LogP contribution in [0.4, 0.5) is 0 Å². The smallest absolute Gasteiger partial charge is 0.325 e. The molecule has 1 atom stereocenters.